The van der Waals surface area contributed by atoms with Crippen molar-refractivity contribution in [3.63, 3.8) is 0 Å². The lowest BCUT2D eigenvalue weighted by atomic mass is 9.95. The molecule has 138 valence electrons. The lowest BCUT2D eigenvalue weighted by Gasteiger charge is -2.36. The summed E-state index contributed by atoms with van der Waals surface area (Å²) in [5.41, 5.74) is 1.60. The van der Waals surface area contributed by atoms with E-state index >= 15 is 0 Å². The van der Waals surface area contributed by atoms with E-state index in [0.29, 0.717) is 28.6 Å². The Hall–Kier alpha value is -3.36. The third kappa shape index (κ3) is 2.80. The molecule has 1 unspecified atom stereocenters. The Bertz CT molecular complexity index is 1000. The van der Waals surface area contributed by atoms with E-state index in [1.807, 2.05) is 20.8 Å². The molecule has 8 nitrogen and oxygen atoms in total. The first-order chi connectivity index (χ1) is 13.0. The number of carbonyl (C=O) groups is 1. The zero-order chi connectivity index (χ0) is 19.1. The van der Waals surface area contributed by atoms with Gasteiger partial charge in [-0.05, 0) is 44.0 Å². The van der Waals surface area contributed by atoms with Gasteiger partial charge in [-0.2, -0.15) is 5.10 Å². The SMILES string of the molecule is Cc1cc(-c2ncn[nH]2)c(F)cc1C1Nc2nccnc2N(C(C)C)C1=O. The molecule has 0 fully saturated rings. The van der Waals surface area contributed by atoms with Gasteiger partial charge in [-0.15, -0.1) is 0 Å². The van der Waals surface area contributed by atoms with Crippen LogP contribution in [0, 0.1) is 12.7 Å². The summed E-state index contributed by atoms with van der Waals surface area (Å²) in [6, 6.07) is 2.15. The normalized spacial score (nSPS) is 16.4. The van der Waals surface area contributed by atoms with Crippen LogP contribution in [0.1, 0.15) is 31.0 Å². The van der Waals surface area contributed by atoms with Crippen molar-refractivity contribution in [2.24, 2.45) is 0 Å². The van der Waals surface area contributed by atoms with E-state index in [2.05, 4.69) is 30.5 Å². The highest BCUT2D eigenvalue weighted by Crippen LogP contribution is 2.36. The average molecular weight is 367 g/mol. The zero-order valence-electron chi connectivity index (χ0n) is 15.1. The number of aromatic nitrogens is 5. The molecule has 1 amide bonds. The predicted molar refractivity (Wildman–Crippen MR) is 97.5 cm³/mol. The van der Waals surface area contributed by atoms with Gasteiger partial charge in [0.1, 0.15) is 18.2 Å². The molecule has 2 aromatic heterocycles. The van der Waals surface area contributed by atoms with Crippen LogP contribution in [0.25, 0.3) is 11.4 Å². The first-order valence-electron chi connectivity index (χ1n) is 8.53. The lowest BCUT2D eigenvalue weighted by molar-refractivity contribution is -0.120. The summed E-state index contributed by atoms with van der Waals surface area (Å²) in [5.74, 6) is 0.626. The number of anilines is 2. The third-order valence-corrected chi connectivity index (χ3v) is 4.53. The molecular formula is C18H18FN7O. The van der Waals surface area contributed by atoms with Gasteiger partial charge in [0.2, 0.25) is 0 Å². The van der Waals surface area contributed by atoms with E-state index in [1.165, 1.54) is 12.4 Å². The number of carbonyl (C=O) groups excluding carboxylic acids is 1. The Morgan fingerprint density at radius 3 is 2.67 bits per heavy atom. The summed E-state index contributed by atoms with van der Waals surface area (Å²) < 4.78 is 14.8. The smallest absolute Gasteiger partial charge is 0.255 e. The summed E-state index contributed by atoms with van der Waals surface area (Å²) in [6.07, 6.45) is 4.42. The fourth-order valence-corrected chi connectivity index (χ4v) is 3.29. The Kier molecular flexibility index (Phi) is 4.06. The molecule has 0 saturated carbocycles. The van der Waals surface area contributed by atoms with Gasteiger partial charge in [0, 0.05) is 18.4 Å². The third-order valence-electron chi connectivity index (χ3n) is 4.53. The number of aryl methyl sites for hydroxylation is 1. The first kappa shape index (κ1) is 17.1. The Balaban J connectivity index is 1.80. The van der Waals surface area contributed by atoms with Gasteiger partial charge in [0.25, 0.3) is 5.91 Å². The standard InChI is InChI=1S/C18H18FN7O/c1-9(2)26-17-16(20-4-5-21-17)24-14(18(26)27)11-7-13(19)12(6-10(11)3)15-22-8-23-25-15/h4-9,14H,1-3H3,(H,20,24)(H,22,23,25). The van der Waals surface area contributed by atoms with Crippen LogP contribution < -0.4 is 10.2 Å². The summed E-state index contributed by atoms with van der Waals surface area (Å²) >= 11 is 0. The van der Waals surface area contributed by atoms with Crippen molar-refractivity contribution in [2.45, 2.75) is 32.9 Å². The minimum Gasteiger partial charge on any atom is -0.352 e. The van der Waals surface area contributed by atoms with Gasteiger partial charge in [0.05, 0.1) is 5.56 Å². The number of rotatable bonds is 3. The zero-order valence-corrected chi connectivity index (χ0v) is 15.1. The Labute approximate surface area is 154 Å². The van der Waals surface area contributed by atoms with Gasteiger partial charge >= 0.3 is 0 Å². The second-order valence-corrected chi connectivity index (χ2v) is 6.63. The van der Waals surface area contributed by atoms with Gasteiger partial charge in [-0.3, -0.25) is 14.8 Å². The van der Waals surface area contributed by atoms with Crippen LogP contribution in [0.15, 0.2) is 30.9 Å². The molecule has 2 N–H and O–H groups in total. The molecule has 4 rings (SSSR count). The topological polar surface area (TPSA) is 99.7 Å². The van der Waals surface area contributed by atoms with Crippen LogP contribution >= 0.6 is 0 Å². The molecular weight excluding hydrogens is 349 g/mol. The highest BCUT2D eigenvalue weighted by molar-refractivity contribution is 6.04. The van der Waals surface area contributed by atoms with Crippen molar-refractivity contribution < 1.29 is 9.18 Å². The van der Waals surface area contributed by atoms with E-state index < -0.39 is 11.9 Å². The second kappa shape index (κ2) is 6.42. The molecule has 1 aromatic carbocycles. The summed E-state index contributed by atoms with van der Waals surface area (Å²) in [6.45, 7) is 5.63. The maximum Gasteiger partial charge on any atom is 0.255 e. The molecule has 0 radical (unpaired) electrons. The van der Waals surface area contributed by atoms with E-state index in [0.717, 1.165) is 5.56 Å². The number of amides is 1. The number of H-pyrrole nitrogens is 1. The van der Waals surface area contributed by atoms with Crippen molar-refractivity contribution in [3.8, 4) is 11.4 Å². The van der Waals surface area contributed by atoms with Crippen LogP contribution in [0.4, 0.5) is 16.0 Å². The van der Waals surface area contributed by atoms with Crippen LogP contribution in [0.2, 0.25) is 0 Å². The van der Waals surface area contributed by atoms with Crippen LogP contribution in [0.3, 0.4) is 0 Å². The second-order valence-electron chi connectivity index (χ2n) is 6.63. The molecule has 0 saturated heterocycles. The quantitative estimate of drug-likeness (QED) is 0.738. The van der Waals surface area contributed by atoms with Crippen molar-refractivity contribution in [1.29, 1.82) is 0 Å². The number of benzene rings is 1. The maximum atomic E-state index is 14.8. The highest BCUT2D eigenvalue weighted by Gasteiger charge is 2.37. The maximum absolute atomic E-state index is 14.8. The number of hydrogen-bond acceptors (Lipinski definition) is 6. The van der Waals surface area contributed by atoms with Crippen molar-refractivity contribution in [2.75, 3.05) is 10.2 Å². The fraction of sp³-hybridized carbons (Fsp3) is 0.278. The first-order valence-corrected chi connectivity index (χ1v) is 8.53. The summed E-state index contributed by atoms with van der Waals surface area (Å²) in [5, 5.41) is 9.51. The van der Waals surface area contributed by atoms with Crippen LogP contribution in [0.5, 0.6) is 0 Å². The number of halogens is 1. The summed E-state index contributed by atoms with van der Waals surface area (Å²) in [7, 11) is 0. The van der Waals surface area contributed by atoms with Crippen LogP contribution in [-0.2, 0) is 4.79 Å². The minimum atomic E-state index is -0.755. The largest absolute Gasteiger partial charge is 0.352 e. The van der Waals surface area contributed by atoms with E-state index in [4.69, 9.17) is 0 Å². The van der Waals surface area contributed by atoms with Crippen molar-refractivity contribution >= 4 is 17.5 Å². The molecule has 3 heterocycles. The molecule has 9 heteroatoms. The average Bonchev–Trinajstić information content (AvgIpc) is 3.17. The monoisotopic (exact) mass is 367 g/mol. The Morgan fingerprint density at radius 2 is 1.96 bits per heavy atom. The minimum absolute atomic E-state index is 0.115. The molecule has 0 bridgehead atoms. The number of hydrogen-bond donors (Lipinski definition) is 2. The number of nitrogens with one attached hydrogen (secondary N) is 2. The molecule has 0 spiro atoms. The van der Waals surface area contributed by atoms with Crippen molar-refractivity contribution in [1.82, 2.24) is 25.1 Å². The summed E-state index contributed by atoms with van der Waals surface area (Å²) in [4.78, 5) is 27.3. The number of nitrogens with zero attached hydrogens (tertiary/aromatic N) is 5. The predicted octanol–water partition coefficient (Wildman–Crippen LogP) is 2.62. The molecule has 3 aromatic rings. The van der Waals surface area contributed by atoms with E-state index in [-0.39, 0.29) is 11.9 Å². The van der Waals surface area contributed by atoms with E-state index in [9.17, 15) is 9.18 Å². The number of aromatic amines is 1. The van der Waals surface area contributed by atoms with Gasteiger partial charge in [-0.25, -0.2) is 19.3 Å². The molecule has 1 atom stereocenters. The fourth-order valence-electron chi connectivity index (χ4n) is 3.29. The lowest BCUT2D eigenvalue weighted by Crippen LogP contribution is -2.47. The van der Waals surface area contributed by atoms with Gasteiger partial charge < -0.3 is 5.32 Å². The molecule has 0 aliphatic carbocycles. The van der Waals surface area contributed by atoms with E-state index in [1.54, 1.807) is 23.4 Å². The number of fused-ring (bicyclic) bond motifs is 1. The highest BCUT2D eigenvalue weighted by atomic mass is 19.1. The van der Waals surface area contributed by atoms with Gasteiger partial charge in [0.15, 0.2) is 17.5 Å². The molecule has 1 aliphatic rings. The Morgan fingerprint density at radius 1 is 1.19 bits per heavy atom. The molecule has 1 aliphatic heterocycles. The van der Waals surface area contributed by atoms with Gasteiger partial charge in [-0.1, -0.05) is 0 Å². The molecule has 27 heavy (non-hydrogen) atoms. The van der Waals surface area contributed by atoms with Crippen LogP contribution in [-0.4, -0.2) is 37.1 Å². The van der Waals surface area contributed by atoms with Crippen molar-refractivity contribution in [3.05, 3.63) is 47.8 Å².